The molecule has 0 fully saturated rings. The van der Waals surface area contributed by atoms with Crippen LogP contribution in [-0.4, -0.2) is 33.6 Å². The summed E-state index contributed by atoms with van der Waals surface area (Å²) >= 11 is 3.41. The van der Waals surface area contributed by atoms with Crippen molar-refractivity contribution in [3.63, 3.8) is 0 Å². The minimum absolute atomic E-state index is 0.176. The van der Waals surface area contributed by atoms with Gasteiger partial charge in [-0.1, -0.05) is 53.9 Å². The Bertz CT molecular complexity index is 1000. The molecule has 1 atom stereocenters. The maximum absolute atomic E-state index is 13.4. The molecule has 2 aromatic rings. The van der Waals surface area contributed by atoms with Crippen LogP contribution in [0.2, 0.25) is 0 Å². The molecule has 2 aromatic carbocycles. The first-order valence-electron chi connectivity index (χ1n) is 9.22. The zero-order valence-electron chi connectivity index (χ0n) is 15.1. The summed E-state index contributed by atoms with van der Waals surface area (Å²) < 4.78 is 13.4. The lowest BCUT2D eigenvalue weighted by Crippen LogP contribution is -2.26. The second-order valence-electron chi connectivity index (χ2n) is 6.93. The van der Waals surface area contributed by atoms with Gasteiger partial charge in [0.1, 0.15) is 5.82 Å². The van der Waals surface area contributed by atoms with Gasteiger partial charge in [0, 0.05) is 23.7 Å². The number of nitrogens with one attached hydrogen (secondary N) is 1. The molecule has 142 valence electrons. The minimum atomic E-state index is -0.183. The number of benzene rings is 2. The Morgan fingerprint density at radius 1 is 1.21 bits per heavy atom. The SMILES string of the molecule is Fc1cccc(CC2CN3C(CSC4=NCc5ccccc5N4)=CSC3=N2)c1. The van der Waals surface area contributed by atoms with Crippen LogP contribution in [0.25, 0.3) is 0 Å². The fourth-order valence-corrected chi connectivity index (χ4v) is 5.50. The van der Waals surface area contributed by atoms with Crippen LogP contribution in [-0.2, 0) is 13.0 Å². The lowest BCUT2D eigenvalue weighted by atomic mass is 10.1. The Kier molecular flexibility index (Phi) is 4.86. The quantitative estimate of drug-likeness (QED) is 0.792. The summed E-state index contributed by atoms with van der Waals surface area (Å²) in [7, 11) is 0. The Hall–Kier alpha value is -2.25. The summed E-state index contributed by atoms with van der Waals surface area (Å²) in [6, 6.07) is 15.3. The maximum Gasteiger partial charge on any atom is 0.168 e. The predicted molar refractivity (Wildman–Crippen MR) is 117 cm³/mol. The molecule has 0 aromatic heterocycles. The lowest BCUT2D eigenvalue weighted by molar-refractivity contribution is 0.511. The van der Waals surface area contributed by atoms with Gasteiger partial charge in [-0.2, -0.15) is 0 Å². The fourth-order valence-electron chi connectivity index (χ4n) is 3.55. The molecule has 28 heavy (non-hydrogen) atoms. The Balaban J connectivity index is 1.18. The summed E-state index contributed by atoms with van der Waals surface area (Å²) in [5, 5.41) is 7.62. The number of aliphatic imine (C=N–C) groups is 2. The van der Waals surface area contributed by atoms with Crippen molar-refractivity contribution in [2.24, 2.45) is 9.98 Å². The van der Waals surface area contributed by atoms with Gasteiger partial charge >= 0.3 is 0 Å². The summed E-state index contributed by atoms with van der Waals surface area (Å²) in [4.78, 5) is 11.8. The van der Waals surface area contributed by atoms with Crippen LogP contribution in [0, 0.1) is 5.82 Å². The Labute approximate surface area is 172 Å². The molecule has 4 nitrogen and oxygen atoms in total. The van der Waals surface area contributed by atoms with Gasteiger partial charge in [-0.15, -0.1) is 0 Å². The number of anilines is 1. The number of para-hydroxylation sites is 1. The number of thioether (sulfide) groups is 2. The predicted octanol–water partition coefficient (Wildman–Crippen LogP) is 4.71. The first kappa shape index (κ1) is 17.8. The number of halogens is 1. The van der Waals surface area contributed by atoms with Crippen molar-refractivity contribution in [1.82, 2.24) is 4.90 Å². The van der Waals surface area contributed by atoms with Crippen molar-refractivity contribution in [3.8, 4) is 0 Å². The fraction of sp³-hybridized carbons (Fsp3) is 0.238. The second kappa shape index (κ2) is 7.64. The molecule has 3 heterocycles. The summed E-state index contributed by atoms with van der Waals surface area (Å²) in [5.74, 6) is 0.671. The minimum Gasteiger partial charge on any atom is -0.335 e. The third-order valence-corrected chi connectivity index (χ3v) is 6.80. The van der Waals surface area contributed by atoms with E-state index >= 15 is 0 Å². The van der Waals surface area contributed by atoms with Gasteiger partial charge in [-0.25, -0.2) is 4.39 Å². The van der Waals surface area contributed by atoms with Crippen molar-refractivity contribution in [3.05, 3.63) is 76.6 Å². The first-order chi connectivity index (χ1) is 13.7. The normalized spacial score (nSPS) is 20.1. The third kappa shape index (κ3) is 3.69. The van der Waals surface area contributed by atoms with E-state index in [4.69, 9.17) is 4.99 Å². The first-order valence-corrected chi connectivity index (χ1v) is 11.1. The molecule has 3 aliphatic heterocycles. The van der Waals surface area contributed by atoms with E-state index in [2.05, 4.69) is 32.7 Å². The summed E-state index contributed by atoms with van der Waals surface area (Å²) in [6.07, 6.45) is 0.768. The number of hydrogen-bond acceptors (Lipinski definition) is 6. The zero-order chi connectivity index (χ0) is 18.9. The van der Waals surface area contributed by atoms with Gasteiger partial charge in [0.05, 0.1) is 12.6 Å². The molecule has 7 heteroatoms. The standard InChI is InChI=1S/C21H19FN4S2/c22-16-6-3-4-14(8-16)9-17-11-26-18(13-28-21(26)24-17)12-27-20-23-10-15-5-1-2-7-19(15)25-20/h1-8,13,17H,9-12H2,(H,23,25). The third-order valence-electron chi connectivity index (χ3n) is 4.93. The molecule has 0 amide bonds. The van der Waals surface area contributed by atoms with Gasteiger partial charge in [-0.05, 0) is 41.2 Å². The highest BCUT2D eigenvalue weighted by molar-refractivity contribution is 8.17. The van der Waals surface area contributed by atoms with Crippen LogP contribution < -0.4 is 5.32 Å². The summed E-state index contributed by atoms with van der Waals surface area (Å²) in [5.41, 5.74) is 4.64. The van der Waals surface area contributed by atoms with Crippen molar-refractivity contribution in [1.29, 1.82) is 0 Å². The van der Waals surface area contributed by atoms with Crippen LogP contribution in [0.5, 0.6) is 0 Å². The average Bonchev–Trinajstić information content (AvgIpc) is 3.26. The van der Waals surface area contributed by atoms with Gasteiger partial charge in [0.15, 0.2) is 10.3 Å². The van der Waals surface area contributed by atoms with Gasteiger partial charge < -0.3 is 10.2 Å². The van der Waals surface area contributed by atoms with Gasteiger partial charge in [-0.3, -0.25) is 9.98 Å². The molecular formula is C21H19FN4S2. The van der Waals surface area contributed by atoms with E-state index in [1.807, 2.05) is 18.2 Å². The molecule has 0 saturated heterocycles. The number of hydrogen-bond donors (Lipinski definition) is 1. The van der Waals surface area contributed by atoms with E-state index < -0.39 is 0 Å². The van der Waals surface area contributed by atoms with Crippen LogP contribution in [0.4, 0.5) is 10.1 Å². The molecule has 5 rings (SSSR count). The highest BCUT2D eigenvalue weighted by Crippen LogP contribution is 2.34. The van der Waals surface area contributed by atoms with Crippen LogP contribution in [0.15, 0.2) is 69.6 Å². The van der Waals surface area contributed by atoms with Gasteiger partial charge in [0.25, 0.3) is 0 Å². The highest BCUT2D eigenvalue weighted by Gasteiger charge is 2.32. The molecule has 0 aliphatic carbocycles. The molecular weight excluding hydrogens is 391 g/mol. The van der Waals surface area contributed by atoms with Crippen molar-refractivity contribution < 1.29 is 4.39 Å². The van der Waals surface area contributed by atoms with Crippen molar-refractivity contribution in [2.45, 2.75) is 19.0 Å². The second-order valence-corrected chi connectivity index (χ2v) is 8.73. The highest BCUT2D eigenvalue weighted by atomic mass is 32.2. The monoisotopic (exact) mass is 410 g/mol. The van der Waals surface area contributed by atoms with E-state index in [9.17, 15) is 4.39 Å². The van der Waals surface area contributed by atoms with E-state index in [1.165, 1.54) is 17.3 Å². The molecule has 0 saturated carbocycles. The lowest BCUT2D eigenvalue weighted by Gasteiger charge is -2.20. The smallest absolute Gasteiger partial charge is 0.168 e. The van der Waals surface area contributed by atoms with E-state index in [0.29, 0.717) is 0 Å². The largest absolute Gasteiger partial charge is 0.335 e. The maximum atomic E-state index is 13.4. The number of nitrogens with zero attached hydrogens (tertiary/aromatic N) is 3. The van der Waals surface area contributed by atoms with E-state index in [0.717, 1.165) is 46.8 Å². The molecule has 3 aliphatic rings. The zero-order valence-corrected chi connectivity index (χ0v) is 16.8. The van der Waals surface area contributed by atoms with Crippen LogP contribution in [0.1, 0.15) is 11.1 Å². The average molecular weight is 411 g/mol. The Morgan fingerprint density at radius 3 is 3.07 bits per heavy atom. The summed E-state index contributed by atoms with van der Waals surface area (Å²) in [6.45, 7) is 1.58. The molecule has 1 unspecified atom stereocenters. The van der Waals surface area contributed by atoms with Crippen molar-refractivity contribution in [2.75, 3.05) is 17.6 Å². The number of fused-ring (bicyclic) bond motifs is 2. The number of amidine groups is 2. The molecule has 1 N–H and O–H groups in total. The number of rotatable bonds is 4. The van der Waals surface area contributed by atoms with Crippen LogP contribution in [0.3, 0.4) is 0 Å². The van der Waals surface area contributed by atoms with Crippen LogP contribution >= 0.6 is 23.5 Å². The van der Waals surface area contributed by atoms with Gasteiger partial charge in [0.2, 0.25) is 0 Å². The topological polar surface area (TPSA) is 40.0 Å². The Morgan fingerprint density at radius 2 is 2.14 bits per heavy atom. The molecule has 0 radical (unpaired) electrons. The molecule has 0 bridgehead atoms. The van der Waals surface area contributed by atoms with Crippen molar-refractivity contribution >= 4 is 39.5 Å². The van der Waals surface area contributed by atoms with E-state index in [1.54, 1.807) is 35.7 Å². The van der Waals surface area contributed by atoms with E-state index in [-0.39, 0.29) is 11.9 Å². The molecule has 0 spiro atoms.